The Kier molecular flexibility index (Phi) is 7.48. The third-order valence-electron chi connectivity index (χ3n) is 5.24. The number of esters is 1. The number of nitrogens with zero attached hydrogens (tertiary/aromatic N) is 5. The minimum Gasteiger partial charge on any atom is -0.464 e. The Morgan fingerprint density at radius 3 is 2.50 bits per heavy atom. The summed E-state index contributed by atoms with van der Waals surface area (Å²) in [5.74, 6) is -1.28. The van der Waals surface area contributed by atoms with Gasteiger partial charge in [0.15, 0.2) is 23.1 Å². The van der Waals surface area contributed by atoms with Gasteiger partial charge in [0.25, 0.3) is 0 Å². The van der Waals surface area contributed by atoms with E-state index < -0.39 is 18.4 Å². The third kappa shape index (κ3) is 5.79. The Bertz CT molecular complexity index is 1220. The van der Waals surface area contributed by atoms with Gasteiger partial charge in [-0.05, 0) is 37.6 Å². The van der Waals surface area contributed by atoms with Gasteiger partial charge >= 0.3 is 12.6 Å². The molecule has 0 bridgehead atoms. The van der Waals surface area contributed by atoms with Crippen LogP contribution < -0.4 is 15.0 Å². The van der Waals surface area contributed by atoms with E-state index in [9.17, 15) is 18.0 Å². The minimum absolute atomic E-state index is 0.0458. The molecule has 2 aromatic heterocycles. The molecule has 190 valence electrons. The monoisotopic (exact) mass is 504 g/mol. The van der Waals surface area contributed by atoms with Gasteiger partial charge in [-0.3, -0.25) is 0 Å². The van der Waals surface area contributed by atoms with Crippen molar-refractivity contribution in [2.45, 2.75) is 32.7 Å². The van der Waals surface area contributed by atoms with Gasteiger partial charge in [-0.1, -0.05) is 12.1 Å². The van der Waals surface area contributed by atoms with Crippen molar-refractivity contribution in [1.82, 2.24) is 20.2 Å². The largest absolute Gasteiger partial charge is 0.464 e. The van der Waals surface area contributed by atoms with Gasteiger partial charge in [-0.25, -0.2) is 14.2 Å². The topological polar surface area (TPSA) is 112 Å². The van der Waals surface area contributed by atoms with Gasteiger partial charge in [0, 0.05) is 18.7 Å². The lowest BCUT2D eigenvalue weighted by molar-refractivity contribution is -0.0498. The summed E-state index contributed by atoms with van der Waals surface area (Å²) >= 11 is 0. The summed E-state index contributed by atoms with van der Waals surface area (Å²) in [6, 6.07) is 7.01. The van der Waals surface area contributed by atoms with Crippen LogP contribution in [0.4, 0.5) is 30.8 Å². The molecule has 13 heteroatoms. The number of ether oxygens (including phenoxy) is 3. The van der Waals surface area contributed by atoms with E-state index in [1.165, 1.54) is 37.4 Å². The number of alkyl halides is 2. The molecule has 2 atom stereocenters. The molecular weight excluding hydrogens is 481 g/mol. The van der Waals surface area contributed by atoms with E-state index in [1.807, 2.05) is 18.7 Å². The van der Waals surface area contributed by atoms with E-state index in [1.54, 1.807) is 0 Å². The first-order chi connectivity index (χ1) is 17.2. The molecule has 2 unspecified atom stereocenters. The smallest absolute Gasteiger partial charge is 0.387 e. The first-order valence-electron chi connectivity index (χ1n) is 10.9. The van der Waals surface area contributed by atoms with Crippen LogP contribution in [0.25, 0.3) is 11.1 Å². The highest BCUT2D eigenvalue weighted by Crippen LogP contribution is 2.29. The minimum atomic E-state index is -2.98. The molecule has 1 fully saturated rings. The maximum Gasteiger partial charge on any atom is 0.387 e. The molecule has 0 radical (unpaired) electrons. The second kappa shape index (κ2) is 10.7. The molecule has 10 nitrogen and oxygen atoms in total. The van der Waals surface area contributed by atoms with Crippen LogP contribution in [0.5, 0.6) is 5.75 Å². The Morgan fingerprint density at radius 2 is 1.86 bits per heavy atom. The molecule has 3 aromatic rings. The fraction of sp³-hybridized carbons (Fsp3) is 0.348. The first-order valence-corrected chi connectivity index (χ1v) is 10.9. The van der Waals surface area contributed by atoms with Crippen LogP contribution in [0.3, 0.4) is 0 Å². The van der Waals surface area contributed by atoms with Crippen LogP contribution in [-0.4, -0.2) is 65.2 Å². The molecular formula is C23H23F3N6O4. The SMILES string of the molecule is COC(=O)c1nnc(Nc2nc(N3CC(C)OC(C)C3)ncc2F)cc1-c1ccc(OC(F)F)cc1. The Balaban J connectivity index is 1.65. The molecule has 1 aliphatic rings. The van der Waals surface area contributed by atoms with Crippen molar-refractivity contribution in [2.24, 2.45) is 0 Å². The van der Waals surface area contributed by atoms with Crippen LogP contribution in [0.2, 0.25) is 0 Å². The number of morpholine rings is 1. The molecule has 1 aromatic carbocycles. The predicted octanol–water partition coefficient (Wildman–Crippen LogP) is 3.82. The number of methoxy groups -OCH3 is 1. The molecule has 3 heterocycles. The number of nitrogens with one attached hydrogen (secondary N) is 1. The molecule has 0 saturated carbocycles. The highest BCUT2D eigenvalue weighted by Gasteiger charge is 2.25. The molecule has 0 spiro atoms. The molecule has 0 amide bonds. The maximum atomic E-state index is 14.6. The summed E-state index contributed by atoms with van der Waals surface area (Å²) in [6.07, 6.45) is 0.958. The van der Waals surface area contributed by atoms with E-state index in [0.717, 1.165) is 6.20 Å². The van der Waals surface area contributed by atoms with Gasteiger partial charge in [0.2, 0.25) is 5.95 Å². The van der Waals surface area contributed by atoms with E-state index >= 15 is 0 Å². The Labute approximate surface area is 204 Å². The number of hydrogen-bond donors (Lipinski definition) is 1. The van der Waals surface area contributed by atoms with Crippen molar-refractivity contribution in [1.29, 1.82) is 0 Å². The zero-order chi connectivity index (χ0) is 25.8. The summed E-state index contributed by atoms with van der Waals surface area (Å²) < 4.78 is 54.4. The first kappa shape index (κ1) is 25.1. The van der Waals surface area contributed by atoms with Crippen molar-refractivity contribution >= 4 is 23.6 Å². The summed E-state index contributed by atoms with van der Waals surface area (Å²) in [5.41, 5.74) is 0.592. The lowest BCUT2D eigenvalue weighted by Gasteiger charge is -2.35. The summed E-state index contributed by atoms with van der Waals surface area (Å²) in [7, 11) is 1.19. The molecule has 1 aliphatic heterocycles. The van der Waals surface area contributed by atoms with Crippen molar-refractivity contribution in [3.8, 4) is 16.9 Å². The highest BCUT2D eigenvalue weighted by atomic mass is 19.3. The second-order valence-electron chi connectivity index (χ2n) is 8.04. The number of rotatable bonds is 7. The fourth-order valence-corrected chi connectivity index (χ4v) is 3.80. The van der Waals surface area contributed by atoms with Gasteiger partial charge in [0.1, 0.15) is 5.75 Å². The van der Waals surface area contributed by atoms with E-state index in [2.05, 4.69) is 30.2 Å². The highest BCUT2D eigenvalue weighted by molar-refractivity contribution is 5.95. The quantitative estimate of drug-likeness (QED) is 0.477. The molecule has 0 aliphatic carbocycles. The van der Waals surface area contributed by atoms with Crippen molar-refractivity contribution in [3.05, 3.63) is 48.0 Å². The zero-order valence-corrected chi connectivity index (χ0v) is 19.6. The number of hydrogen-bond acceptors (Lipinski definition) is 10. The number of benzene rings is 1. The summed E-state index contributed by atoms with van der Waals surface area (Å²) in [4.78, 5) is 22.5. The molecule has 1 saturated heterocycles. The molecule has 1 N–H and O–H groups in total. The average Bonchev–Trinajstić information content (AvgIpc) is 2.84. The zero-order valence-electron chi connectivity index (χ0n) is 19.6. The van der Waals surface area contributed by atoms with E-state index in [0.29, 0.717) is 24.6 Å². The van der Waals surface area contributed by atoms with Crippen molar-refractivity contribution in [2.75, 3.05) is 30.4 Å². The Morgan fingerprint density at radius 1 is 1.17 bits per heavy atom. The van der Waals surface area contributed by atoms with Crippen molar-refractivity contribution in [3.63, 3.8) is 0 Å². The van der Waals surface area contributed by atoms with Crippen LogP contribution in [-0.2, 0) is 9.47 Å². The van der Waals surface area contributed by atoms with Gasteiger partial charge in [-0.15, -0.1) is 10.2 Å². The lowest BCUT2D eigenvalue weighted by atomic mass is 10.0. The van der Waals surface area contributed by atoms with Crippen molar-refractivity contribution < 1.29 is 32.2 Å². The van der Waals surface area contributed by atoms with Crippen LogP contribution in [0.1, 0.15) is 24.3 Å². The van der Waals surface area contributed by atoms with Crippen LogP contribution in [0.15, 0.2) is 36.5 Å². The van der Waals surface area contributed by atoms with Crippen LogP contribution in [0, 0.1) is 5.82 Å². The van der Waals surface area contributed by atoms with Gasteiger partial charge in [-0.2, -0.15) is 13.8 Å². The average molecular weight is 504 g/mol. The van der Waals surface area contributed by atoms with E-state index in [4.69, 9.17) is 9.47 Å². The number of carbonyl (C=O) groups excluding carboxylic acids is 1. The van der Waals surface area contributed by atoms with Gasteiger partial charge in [0.05, 0.1) is 25.5 Å². The second-order valence-corrected chi connectivity index (χ2v) is 8.04. The molecule has 4 rings (SSSR count). The lowest BCUT2D eigenvalue weighted by Crippen LogP contribution is -2.46. The summed E-state index contributed by atoms with van der Waals surface area (Å²) in [6.45, 7) is 1.96. The number of halogens is 3. The number of carbonyl (C=O) groups is 1. The fourth-order valence-electron chi connectivity index (χ4n) is 3.80. The van der Waals surface area contributed by atoms with E-state index in [-0.39, 0.29) is 40.9 Å². The normalized spacial score (nSPS) is 17.7. The van der Waals surface area contributed by atoms with Gasteiger partial charge < -0.3 is 24.4 Å². The third-order valence-corrected chi connectivity index (χ3v) is 5.24. The van der Waals surface area contributed by atoms with Crippen LogP contribution >= 0.6 is 0 Å². The number of anilines is 3. The Hall–Kier alpha value is -4.00. The standard InChI is InChI=1S/C23H23F3N6O4/c1-12-10-32(11-13(2)35-12)23-27-9-17(24)20(29-23)28-18-8-16(19(31-30-18)21(33)34-3)14-4-6-15(7-5-14)36-22(25)26/h4-9,12-13,22H,10-11H2,1-3H3,(H,27,28,29,30). The number of aromatic nitrogens is 4. The molecule has 36 heavy (non-hydrogen) atoms. The predicted molar refractivity (Wildman–Crippen MR) is 123 cm³/mol. The maximum absolute atomic E-state index is 14.6. The summed E-state index contributed by atoms with van der Waals surface area (Å²) in [5, 5.41) is 10.6.